The van der Waals surface area contributed by atoms with E-state index in [2.05, 4.69) is 0 Å². The van der Waals surface area contributed by atoms with Crippen molar-refractivity contribution in [2.75, 3.05) is 0 Å². The van der Waals surface area contributed by atoms with Crippen molar-refractivity contribution < 1.29 is 28.9 Å². The topological polar surface area (TPSA) is 89.4 Å². The van der Waals surface area contributed by atoms with Crippen LogP contribution in [-0.4, -0.2) is 56.0 Å². The standard InChI is InChI=1S/ClHO4.ClH.K.H/c2-1(3,4)5;;;/h(H,2,3,4,5);1H;;. The molecule has 0 aromatic heterocycles. The van der Waals surface area contributed by atoms with Crippen molar-refractivity contribution in [2.45, 2.75) is 0 Å². The first-order valence-corrected chi connectivity index (χ1v) is 1.90. The van der Waals surface area contributed by atoms with Gasteiger partial charge in [-0.05, 0) is 0 Å². The fourth-order valence-electron chi connectivity index (χ4n) is 0. The van der Waals surface area contributed by atoms with Gasteiger partial charge < -0.3 is 0 Å². The van der Waals surface area contributed by atoms with E-state index in [0.29, 0.717) is 0 Å². The van der Waals surface area contributed by atoms with Crippen molar-refractivity contribution in [3.05, 3.63) is 0 Å². The summed E-state index contributed by atoms with van der Waals surface area (Å²) >= 11 is 0. The zero-order chi connectivity index (χ0) is 4.50. The van der Waals surface area contributed by atoms with Crippen molar-refractivity contribution in [3.63, 3.8) is 0 Å². The summed E-state index contributed by atoms with van der Waals surface area (Å²) in [5.74, 6) is 0. The molecule has 0 atom stereocenters. The van der Waals surface area contributed by atoms with Gasteiger partial charge in [-0.25, -0.2) is 0 Å². The molecule has 0 radical (unpaired) electrons. The maximum Gasteiger partial charge on any atom is 0.0777 e. The van der Waals surface area contributed by atoms with Crippen molar-refractivity contribution in [1.29, 1.82) is 0 Å². The van der Waals surface area contributed by atoms with Crippen LogP contribution in [0.1, 0.15) is 0 Å². The minimum atomic E-state index is -4.69. The van der Waals surface area contributed by atoms with Crippen molar-refractivity contribution in [1.82, 2.24) is 0 Å². The molecule has 0 spiro atoms. The molecule has 4 nitrogen and oxygen atoms in total. The number of hydrogen-bond donors (Lipinski definition) is 1. The molecule has 0 aromatic carbocycles. The van der Waals surface area contributed by atoms with Gasteiger partial charge in [0.05, 0.1) is 14.9 Å². The summed E-state index contributed by atoms with van der Waals surface area (Å²) in [7, 11) is -4.69. The van der Waals surface area contributed by atoms with E-state index in [1.54, 1.807) is 0 Å². The molecule has 0 fully saturated rings. The second-order valence-corrected chi connectivity index (χ2v) is 1.19. The summed E-state index contributed by atoms with van der Waals surface area (Å²) in [6.45, 7) is 0. The van der Waals surface area contributed by atoms with Crippen molar-refractivity contribution >= 4 is 63.8 Å². The molecule has 0 unspecified atom stereocenters. The molecule has 0 aliphatic heterocycles. The first kappa shape index (κ1) is 16.0. The summed E-state index contributed by atoms with van der Waals surface area (Å²) in [5.41, 5.74) is 0. The molecule has 0 heterocycles. The first-order valence-electron chi connectivity index (χ1n) is 0.632. The number of hydrogen-bond acceptors (Lipinski definition) is 4. The fourth-order valence-corrected chi connectivity index (χ4v) is 0. The van der Waals surface area contributed by atoms with Crippen molar-refractivity contribution in [3.8, 4) is 0 Å². The fraction of sp³-hybridized carbons (Fsp3) is 0. The van der Waals surface area contributed by atoms with E-state index >= 15 is 0 Å². The predicted octanol–water partition coefficient (Wildman–Crippen LogP) is -4.35. The van der Waals surface area contributed by atoms with E-state index in [-0.39, 0.29) is 63.8 Å². The normalized spacial score (nSPS) is 8.57. The second-order valence-electron chi connectivity index (χ2n) is 0.396. The van der Waals surface area contributed by atoms with Gasteiger partial charge in [0, 0.05) is 0 Å². The van der Waals surface area contributed by atoms with Crippen LogP contribution in [0.2, 0.25) is 0 Å². The van der Waals surface area contributed by atoms with E-state index in [4.69, 9.17) is 18.6 Å². The molecule has 0 rings (SSSR count). The van der Waals surface area contributed by atoms with Crippen LogP contribution in [0.5, 0.6) is 0 Å². The molecule has 7 heteroatoms. The van der Waals surface area contributed by atoms with Crippen LogP contribution in [0.15, 0.2) is 0 Å². The van der Waals surface area contributed by atoms with E-state index in [9.17, 15) is 0 Å². The third-order valence-corrected chi connectivity index (χ3v) is 0. The zero-order valence-corrected chi connectivity index (χ0v) is 4.03. The monoisotopic (exact) mass is 176 g/mol. The molecule has 0 bridgehead atoms. The molecule has 0 saturated carbocycles. The molecule has 1 N–H and O–H groups in total. The molecule has 42 valence electrons. The quantitative estimate of drug-likeness (QED) is 0.378. The summed E-state index contributed by atoms with van der Waals surface area (Å²) in [5, 5.41) is 0. The SMILES string of the molecule is Cl.[KH].[O-][Cl+3]([O-])([O-])O. The van der Waals surface area contributed by atoms with E-state index in [1.807, 2.05) is 0 Å². The van der Waals surface area contributed by atoms with Crippen LogP contribution in [-0.2, 0) is 0 Å². The van der Waals surface area contributed by atoms with Crippen LogP contribution in [0.25, 0.3) is 0 Å². The van der Waals surface area contributed by atoms with E-state index < -0.39 is 10.2 Å². The van der Waals surface area contributed by atoms with Gasteiger partial charge in [-0.15, -0.1) is 12.4 Å². The summed E-state index contributed by atoms with van der Waals surface area (Å²) in [6.07, 6.45) is 0. The Bertz CT molecular complexity index is 25.2. The average Bonchev–Trinajstić information content (AvgIpc) is 0.722. The Labute approximate surface area is 91.1 Å². The molecule has 7 heavy (non-hydrogen) atoms. The first-order chi connectivity index (χ1) is 2.00. The molecular weight excluding hydrogens is 174 g/mol. The Hall–Kier alpha value is 2.06. The number of halogens is 2. The number of rotatable bonds is 0. The smallest absolute Gasteiger partial charge is 0.0777 e. The Balaban J connectivity index is -0.0000000800. The summed E-state index contributed by atoms with van der Waals surface area (Å²) in [6, 6.07) is 0. The maximum absolute atomic E-state index is 8.60. The van der Waals surface area contributed by atoms with Crippen LogP contribution < -0.4 is 14.0 Å². The van der Waals surface area contributed by atoms with Crippen LogP contribution in [0.4, 0.5) is 0 Å². The van der Waals surface area contributed by atoms with Crippen LogP contribution in [0, 0.1) is 10.2 Å². The van der Waals surface area contributed by atoms with Crippen LogP contribution >= 0.6 is 12.4 Å². The van der Waals surface area contributed by atoms with Gasteiger partial charge in [0.25, 0.3) is 0 Å². The third-order valence-electron chi connectivity index (χ3n) is 0. The molecule has 0 aliphatic carbocycles. The maximum atomic E-state index is 8.60. The second kappa shape index (κ2) is 6.18. The van der Waals surface area contributed by atoms with Gasteiger partial charge in [0.1, 0.15) is 0 Å². The Morgan fingerprint density at radius 3 is 1.14 bits per heavy atom. The zero-order valence-electron chi connectivity index (χ0n) is 2.46. The van der Waals surface area contributed by atoms with Gasteiger partial charge >= 0.3 is 51.4 Å². The van der Waals surface area contributed by atoms with Crippen molar-refractivity contribution in [2.24, 2.45) is 0 Å². The van der Waals surface area contributed by atoms with Gasteiger partial charge in [0.15, 0.2) is 0 Å². The molecule has 0 amide bonds. The molecular formula is H3Cl2KO4. The van der Waals surface area contributed by atoms with Gasteiger partial charge in [0.2, 0.25) is 0 Å². The van der Waals surface area contributed by atoms with Gasteiger partial charge in [-0.2, -0.15) is 14.0 Å². The minimum absolute atomic E-state index is 0. The van der Waals surface area contributed by atoms with E-state index in [0.717, 1.165) is 0 Å². The Morgan fingerprint density at radius 2 is 1.14 bits per heavy atom. The Kier molecular flexibility index (Phi) is 14.1. The average molecular weight is 177 g/mol. The van der Waals surface area contributed by atoms with E-state index in [1.165, 1.54) is 0 Å². The molecule has 0 aliphatic rings. The van der Waals surface area contributed by atoms with Gasteiger partial charge in [-0.3, -0.25) is 0 Å². The minimum Gasteiger partial charge on any atom is -0.183 e. The van der Waals surface area contributed by atoms with Crippen LogP contribution in [0.3, 0.4) is 0 Å². The third kappa shape index (κ3) is 69.9. The Morgan fingerprint density at radius 1 is 1.14 bits per heavy atom. The summed E-state index contributed by atoms with van der Waals surface area (Å²) in [4.78, 5) is 0. The molecule has 0 aromatic rings. The predicted molar refractivity (Wildman–Crippen MR) is 16.6 cm³/mol. The molecule has 0 saturated heterocycles. The van der Waals surface area contributed by atoms with Gasteiger partial charge in [-0.1, -0.05) is 0 Å². The summed E-state index contributed by atoms with van der Waals surface area (Å²) < 4.78 is 32.7. The largest absolute Gasteiger partial charge is 0.183 e.